The molecule has 2 aromatic rings. The summed E-state index contributed by atoms with van der Waals surface area (Å²) in [6.45, 7) is 2.17. The lowest BCUT2D eigenvalue weighted by Crippen LogP contribution is -2.39. The third kappa shape index (κ3) is 4.27. The molecular weight excluding hydrogens is 354 g/mol. The molecule has 2 amide bonds. The maximum atomic E-state index is 12.4. The molecular formula is C22H25N3O3. The Morgan fingerprint density at radius 1 is 1.04 bits per heavy atom. The van der Waals surface area contributed by atoms with E-state index in [1.54, 1.807) is 12.1 Å². The van der Waals surface area contributed by atoms with Crippen molar-refractivity contribution in [3.63, 3.8) is 0 Å². The van der Waals surface area contributed by atoms with E-state index in [-0.39, 0.29) is 18.2 Å². The zero-order valence-electron chi connectivity index (χ0n) is 15.8. The van der Waals surface area contributed by atoms with E-state index in [4.69, 9.17) is 4.74 Å². The van der Waals surface area contributed by atoms with Gasteiger partial charge < -0.3 is 20.3 Å². The number of rotatable bonds is 4. The number of nitrogens with zero attached hydrogens (tertiary/aromatic N) is 1. The van der Waals surface area contributed by atoms with E-state index in [0.29, 0.717) is 11.4 Å². The molecule has 0 bridgehead atoms. The van der Waals surface area contributed by atoms with Crippen molar-refractivity contribution in [3.8, 4) is 5.75 Å². The number of carbonyl (C=O) groups is 2. The summed E-state index contributed by atoms with van der Waals surface area (Å²) in [6.07, 6.45) is 4.19. The Morgan fingerprint density at radius 3 is 2.50 bits per heavy atom. The largest absolute Gasteiger partial charge is 0.478 e. The molecule has 2 N–H and O–H groups in total. The molecule has 146 valence electrons. The van der Waals surface area contributed by atoms with Crippen LogP contribution in [0, 0.1) is 0 Å². The van der Waals surface area contributed by atoms with E-state index in [1.807, 2.05) is 36.4 Å². The molecule has 4 rings (SSSR count). The third-order valence-corrected chi connectivity index (χ3v) is 5.20. The van der Waals surface area contributed by atoms with Gasteiger partial charge >= 0.3 is 0 Å². The first kappa shape index (κ1) is 18.3. The number of amides is 2. The Hall–Kier alpha value is -3.02. The number of benzene rings is 2. The Balaban J connectivity index is 1.34. The first-order valence-corrected chi connectivity index (χ1v) is 9.90. The number of ether oxygens (including phenoxy) is 1. The minimum atomic E-state index is -0.828. The average Bonchev–Trinajstić information content (AvgIpc) is 2.99. The minimum absolute atomic E-state index is 0.0337. The highest BCUT2D eigenvalue weighted by Crippen LogP contribution is 2.29. The molecule has 1 fully saturated rings. The van der Waals surface area contributed by atoms with Crippen LogP contribution in [0.1, 0.15) is 32.1 Å². The normalized spacial score (nSPS) is 19.1. The Kier molecular flexibility index (Phi) is 5.46. The maximum Gasteiger partial charge on any atom is 0.266 e. The highest BCUT2D eigenvalue weighted by molar-refractivity contribution is 6.02. The SMILES string of the molecule is O=C(CC1Oc2ccccc2NC1=O)Nc1ccc(N2CCCCCC2)cc1. The molecule has 0 aliphatic carbocycles. The maximum absolute atomic E-state index is 12.4. The van der Waals surface area contributed by atoms with Crippen molar-refractivity contribution in [2.24, 2.45) is 0 Å². The van der Waals surface area contributed by atoms with Gasteiger partial charge in [-0.1, -0.05) is 25.0 Å². The summed E-state index contributed by atoms with van der Waals surface area (Å²) in [5.41, 5.74) is 2.54. The number of anilines is 3. The molecule has 0 radical (unpaired) electrons. The summed E-state index contributed by atoms with van der Waals surface area (Å²) in [5, 5.41) is 5.64. The summed E-state index contributed by atoms with van der Waals surface area (Å²) in [7, 11) is 0. The zero-order chi connectivity index (χ0) is 19.3. The molecule has 6 nitrogen and oxygen atoms in total. The van der Waals surface area contributed by atoms with Crippen molar-refractivity contribution in [3.05, 3.63) is 48.5 Å². The highest BCUT2D eigenvalue weighted by atomic mass is 16.5. The first-order chi connectivity index (χ1) is 13.7. The molecule has 1 atom stereocenters. The van der Waals surface area contributed by atoms with E-state index in [1.165, 1.54) is 31.4 Å². The van der Waals surface area contributed by atoms with Crippen LogP contribution in [0.5, 0.6) is 5.75 Å². The molecule has 2 aliphatic heterocycles. The summed E-state index contributed by atoms with van der Waals surface area (Å²) in [6, 6.07) is 15.1. The van der Waals surface area contributed by atoms with Crippen LogP contribution in [0.15, 0.2) is 48.5 Å². The van der Waals surface area contributed by atoms with E-state index >= 15 is 0 Å². The molecule has 0 aromatic heterocycles. The predicted molar refractivity (Wildman–Crippen MR) is 110 cm³/mol. The molecule has 2 aromatic carbocycles. The van der Waals surface area contributed by atoms with E-state index in [0.717, 1.165) is 18.8 Å². The summed E-state index contributed by atoms with van der Waals surface area (Å²) in [5.74, 6) is 0.0362. The molecule has 28 heavy (non-hydrogen) atoms. The van der Waals surface area contributed by atoms with Gasteiger partial charge in [0.05, 0.1) is 12.1 Å². The van der Waals surface area contributed by atoms with Gasteiger partial charge in [-0.2, -0.15) is 0 Å². The number of para-hydroxylation sites is 2. The van der Waals surface area contributed by atoms with Crippen LogP contribution in [-0.2, 0) is 9.59 Å². The first-order valence-electron chi connectivity index (χ1n) is 9.90. The monoisotopic (exact) mass is 379 g/mol. The van der Waals surface area contributed by atoms with Crippen LogP contribution in [0.25, 0.3) is 0 Å². The van der Waals surface area contributed by atoms with Crippen molar-refractivity contribution in [2.45, 2.75) is 38.2 Å². The summed E-state index contributed by atoms with van der Waals surface area (Å²) < 4.78 is 5.68. The fourth-order valence-corrected chi connectivity index (χ4v) is 3.69. The topological polar surface area (TPSA) is 70.7 Å². The second kappa shape index (κ2) is 8.33. The molecule has 6 heteroatoms. The van der Waals surface area contributed by atoms with Crippen molar-refractivity contribution in [1.82, 2.24) is 0 Å². The molecule has 1 unspecified atom stereocenters. The smallest absolute Gasteiger partial charge is 0.266 e. The van der Waals surface area contributed by atoms with Crippen molar-refractivity contribution in [1.29, 1.82) is 0 Å². The van der Waals surface area contributed by atoms with Gasteiger partial charge in [-0.15, -0.1) is 0 Å². The van der Waals surface area contributed by atoms with Gasteiger partial charge in [-0.3, -0.25) is 9.59 Å². The van der Waals surface area contributed by atoms with Gasteiger partial charge in [0, 0.05) is 24.5 Å². The van der Waals surface area contributed by atoms with Gasteiger partial charge in [0.2, 0.25) is 5.91 Å². The van der Waals surface area contributed by atoms with Crippen molar-refractivity contribution >= 4 is 28.9 Å². The van der Waals surface area contributed by atoms with Crippen molar-refractivity contribution in [2.75, 3.05) is 28.6 Å². The average molecular weight is 379 g/mol. The lowest BCUT2D eigenvalue weighted by Gasteiger charge is -2.25. The molecule has 0 saturated carbocycles. The molecule has 1 saturated heterocycles. The molecule has 2 heterocycles. The van der Waals surface area contributed by atoms with Crippen LogP contribution >= 0.6 is 0 Å². The van der Waals surface area contributed by atoms with E-state index in [9.17, 15) is 9.59 Å². The predicted octanol–water partition coefficient (Wildman–Crippen LogP) is 3.80. The number of hydrogen-bond donors (Lipinski definition) is 2. The fourth-order valence-electron chi connectivity index (χ4n) is 3.69. The second-order valence-electron chi connectivity index (χ2n) is 7.29. The zero-order valence-corrected chi connectivity index (χ0v) is 15.8. The Bertz CT molecular complexity index is 842. The van der Waals surface area contributed by atoms with Gasteiger partial charge in [0.25, 0.3) is 5.91 Å². The van der Waals surface area contributed by atoms with Gasteiger partial charge in [-0.25, -0.2) is 0 Å². The quantitative estimate of drug-likeness (QED) is 0.848. The van der Waals surface area contributed by atoms with Crippen LogP contribution in [-0.4, -0.2) is 31.0 Å². The van der Waals surface area contributed by atoms with Crippen LogP contribution in [0.3, 0.4) is 0 Å². The highest BCUT2D eigenvalue weighted by Gasteiger charge is 2.29. The number of fused-ring (bicyclic) bond motifs is 1. The Morgan fingerprint density at radius 2 is 1.75 bits per heavy atom. The standard InChI is InChI=1S/C22H25N3O3/c26-21(15-20-22(27)24-18-7-3-4-8-19(18)28-20)23-16-9-11-17(12-10-16)25-13-5-1-2-6-14-25/h3-4,7-12,20H,1-2,5-6,13-15H2,(H,23,26)(H,24,27). The minimum Gasteiger partial charge on any atom is -0.478 e. The van der Waals surface area contributed by atoms with E-state index in [2.05, 4.69) is 15.5 Å². The second-order valence-corrected chi connectivity index (χ2v) is 7.29. The van der Waals surface area contributed by atoms with Crippen LogP contribution in [0.2, 0.25) is 0 Å². The lowest BCUT2D eigenvalue weighted by atomic mass is 10.1. The Labute approximate surface area is 164 Å². The van der Waals surface area contributed by atoms with Crippen LogP contribution < -0.4 is 20.3 Å². The third-order valence-electron chi connectivity index (χ3n) is 5.20. The molecule has 0 spiro atoms. The van der Waals surface area contributed by atoms with Gasteiger partial charge in [0.1, 0.15) is 5.75 Å². The summed E-state index contributed by atoms with van der Waals surface area (Å²) in [4.78, 5) is 27.0. The van der Waals surface area contributed by atoms with Gasteiger partial charge in [-0.05, 0) is 49.2 Å². The number of nitrogens with one attached hydrogen (secondary N) is 2. The fraction of sp³-hybridized carbons (Fsp3) is 0.364. The number of hydrogen-bond acceptors (Lipinski definition) is 4. The number of carbonyl (C=O) groups excluding carboxylic acids is 2. The molecule has 2 aliphatic rings. The lowest BCUT2D eigenvalue weighted by molar-refractivity contribution is -0.128. The van der Waals surface area contributed by atoms with Crippen molar-refractivity contribution < 1.29 is 14.3 Å². The van der Waals surface area contributed by atoms with Gasteiger partial charge in [0.15, 0.2) is 6.10 Å². The van der Waals surface area contributed by atoms with E-state index < -0.39 is 6.10 Å². The van der Waals surface area contributed by atoms with Crippen LogP contribution in [0.4, 0.5) is 17.1 Å². The summed E-state index contributed by atoms with van der Waals surface area (Å²) >= 11 is 0.